The number of nitrogens with zero attached hydrogens (tertiary/aromatic N) is 2. The van der Waals surface area contributed by atoms with Gasteiger partial charge in [0.1, 0.15) is 5.76 Å². The van der Waals surface area contributed by atoms with E-state index in [2.05, 4.69) is 10.5 Å². The summed E-state index contributed by atoms with van der Waals surface area (Å²) in [5.41, 5.74) is 2.10. The molecule has 0 fully saturated rings. The highest BCUT2D eigenvalue weighted by Gasteiger charge is 2.22. The van der Waals surface area contributed by atoms with Gasteiger partial charge in [0.25, 0.3) is 5.91 Å². The Labute approximate surface area is 147 Å². The van der Waals surface area contributed by atoms with E-state index in [1.54, 1.807) is 19.1 Å². The molecule has 2 rings (SSSR count). The first-order chi connectivity index (χ1) is 11.7. The van der Waals surface area contributed by atoms with Crippen molar-refractivity contribution in [1.29, 1.82) is 0 Å². The number of carbonyl (C=O) groups excluding carboxylic acids is 1. The molecule has 25 heavy (non-hydrogen) atoms. The lowest BCUT2D eigenvalue weighted by Gasteiger charge is -2.15. The van der Waals surface area contributed by atoms with Gasteiger partial charge in [-0.1, -0.05) is 19.0 Å². The van der Waals surface area contributed by atoms with Crippen molar-refractivity contribution in [2.75, 3.05) is 6.54 Å². The van der Waals surface area contributed by atoms with Crippen LogP contribution in [0.15, 0.2) is 16.7 Å². The van der Waals surface area contributed by atoms with Crippen LogP contribution in [0.3, 0.4) is 0 Å². The maximum absolute atomic E-state index is 12.5. The molecule has 2 heterocycles. The molecule has 0 aliphatic heterocycles. The molecular weight excluding hydrogens is 322 g/mol. The predicted molar refractivity (Wildman–Crippen MR) is 93.0 cm³/mol. The number of aryl methyl sites for hydroxylation is 2. The lowest BCUT2D eigenvalue weighted by molar-refractivity contribution is -0.142. The monoisotopic (exact) mass is 347 g/mol. The minimum Gasteiger partial charge on any atom is -0.481 e. The third-order valence-electron chi connectivity index (χ3n) is 4.13. The van der Waals surface area contributed by atoms with Gasteiger partial charge in [0.05, 0.1) is 11.5 Å². The van der Waals surface area contributed by atoms with Gasteiger partial charge >= 0.3 is 5.97 Å². The highest BCUT2D eigenvalue weighted by atomic mass is 16.5. The van der Waals surface area contributed by atoms with Crippen molar-refractivity contribution in [3.63, 3.8) is 0 Å². The van der Waals surface area contributed by atoms with Crippen molar-refractivity contribution in [1.82, 2.24) is 15.0 Å². The number of carboxylic acid groups (broad SMARTS) is 1. The molecule has 0 saturated heterocycles. The van der Waals surface area contributed by atoms with Crippen LogP contribution in [0.2, 0.25) is 0 Å². The number of aromatic nitrogens is 2. The molecule has 0 aliphatic rings. The summed E-state index contributed by atoms with van der Waals surface area (Å²) in [4.78, 5) is 23.8. The topological polar surface area (TPSA) is 97.4 Å². The molecule has 136 valence electrons. The zero-order valence-electron chi connectivity index (χ0n) is 15.3. The van der Waals surface area contributed by atoms with Gasteiger partial charge in [0, 0.05) is 24.0 Å². The van der Waals surface area contributed by atoms with Gasteiger partial charge in [-0.05, 0) is 39.2 Å². The summed E-state index contributed by atoms with van der Waals surface area (Å²) >= 11 is 0. The maximum Gasteiger partial charge on any atom is 0.308 e. The van der Waals surface area contributed by atoms with Crippen molar-refractivity contribution in [2.24, 2.45) is 11.8 Å². The predicted octanol–water partition coefficient (Wildman–Crippen LogP) is 2.87. The van der Waals surface area contributed by atoms with E-state index in [-0.39, 0.29) is 18.4 Å². The van der Waals surface area contributed by atoms with Crippen molar-refractivity contribution in [3.8, 4) is 5.82 Å². The van der Waals surface area contributed by atoms with E-state index in [0.29, 0.717) is 23.6 Å². The number of nitrogens with one attached hydrogen (secondary N) is 1. The van der Waals surface area contributed by atoms with Gasteiger partial charge in [-0.2, -0.15) is 0 Å². The van der Waals surface area contributed by atoms with E-state index >= 15 is 0 Å². The second-order valence-corrected chi connectivity index (χ2v) is 6.79. The van der Waals surface area contributed by atoms with Gasteiger partial charge < -0.3 is 14.9 Å². The van der Waals surface area contributed by atoms with Gasteiger partial charge in [0.2, 0.25) is 0 Å². The molecule has 1 atom stereocenters. The molecule has 0 spiro atoms. The zero-order valence-corrected chi connectivity index (χ0v) is 15.3. The lowest BCUT2D eigenvalue weighted by Crippen LogP contribution is -2.33. The Morgan fingerprint density at radius 2 is 1.96 bits per heavy atom. The van der Waals surface area contributed by atoms with Crippen LogP contribution in [0, 0.1) is 32.6 Å². The zero-order chi connectivity index (χ0) is 18.7. The van der Waals surface area contributed by atoms with Crippen molar-refractivity contribution in [3.05, 3.63) is 34.8 Å². The largest absolute Gasteiger partial charge is 0.481 e. The van der Waals surface area contributed by atoms with E-state index in [4.69, 9.17) is 4.52 Å². The molecule has 0 aromatic carbocycles. The molecule has 2 aromatic heterocycles. The number of carbonyl (C=O) groups is 2. The normalized spacial score (nSPS) is 12.4. The number of hydrogen-bond donors (Lipinski definition) is 2. The first-order valence-corrected chi connectivity index (χ1v) is 8.34. The van der Waals surface area contributed by atoms with E-state index in [9.17, 15) is 14.7 Å². The summed E-state index contributed by atoms with van der Waals surface area (Å²) in [7, 11) is 0. The summed E-state index contributed by atoms with van der Waals surface area (Å²) in [6.07, 6.45) is 0.521. The minimum absolute atomic E-state index is 0.110. The molecule has 0 saturated carbocycles. The van der Waals surface area contributed by atoms with Crippen LogP contribution in [0.1, 0.15) is 47.8 Å². The standard InChI is InChI=1S/C18H25N3O4/c1-10(2)6-14(18(23)24)9-19-17(22)15-7-11(3)21(13(15)5)16-8-12(4)25-20-16/h7-8,10,14H,6,9H2,1-5H3,(H,19,22)(H,23,24). The average molecular weight is 347 g/mol. The molecule has 7 nitrogen and oxygen atoms in total. The SMILES string of the molecule is Cc1cc(-n2c(C)cc(C(=O)NCC(CC(C)C)C(=O)O)c2C)no1. The second-order valence-electron chi connectivity index (χ2n) is 6.79. The lowest BCUT2D eigenvalue weighted by atomic mass is 9.97. The molecular formula is C18H25N3O4. The molecule has 0 bridgehead atoms. The second kappa shape index (κ2) is 7.55. The van der Waals surface area contributed by atoms with Gasteiger partial charge in [0.15, 0.2) is 5.82 Å². The number of amides is 1. The Hall–Kier alpha value is -2.57. The highest BCUT2D eigenvalue weighted by molar-refractivity contribution is 5.96. The van der Waals surface area contributed by atoms with E-state index in [1.165, 1.54) is 0 Å². The molecule has 2 aromatic rings. The first kappa shape index (κ1) is 18.8. The quantitative estimate of drug-likeness (QED) is 0.802. The van der Waals surface area contributed by atoms with Crippen molar-refractivity contribution < 1.29 is 19.2 Å². The summed E-state index contributed by atoms with van der Waals surface area (Å²) < 4.78 is 6.95. The fourth-order valence-corrected chi connectivity index (χ4v) is 2.96. The molecule has 0 radical (unpaired) electrons. The Morgan fingerprint density at radius 1 is 1.28 bits per heavy atom. The van der Waals surface area contributed by atoms with Crippen LogP contribution in [-0.2, 0) is 4.79 Å². The van der Waals surface area contributed by atoms with E-state index < -0.39 is 11.9 Å². The smallest absolute Gasteiger partial charge is 0.308 e. The molecule has 2 N–H and O–H groups in total. The van der Waals surface area contributed by atoms with Crippen LogP contribution in [-0.4, -0.2) is 33.3 Å². The van der Waals surface area contributed by atoms with E-state index in [1.807, 2.05) is 32.3 Å². The number of hydrogen-bond acceptors (Lipinski definition) is 4. The van der Waals surface area contributed by atoms with Crippen LogP contribution < -0.4 is 5.32 Å². The van der Waals surface area contributed by atoms with Gasteiger partial charge in [-0.15, -0.1) is 0 Å². The molecule has 1 amide bonds. The van der Waals surface area contributed by atoms with Gasteiger partial charge in [-0.3, -0.25) is 14.2 Å². The number of aliphatic carboxylic acids is 1. The molecule has 0 aliphatic carbocycles. The van der Waals surface area contributed by atoms with Crippen LogP contribution in [0.4, 0.5) is 0 Å². The summed E-state index contributed by atoms with van der Waals surface area (Å²) in [6, 6.07) is 3.57. The summed E-state index contributed by atoms with van der Waals surface area (Å²) in [5, 5.41) is 16.0. The Balaban J connectivity index is 2.16. The molecule has 1 unspecified atom stereocenters. The maximum atomic E-state index is 12.5. The summed E-state index contributed by atoms with van der Waals surface area (Å²) in [6.45, 7) is 9.55. The number of carboxylic acids is 1. The summed E-state index contributed by atoms with van der Waals surface area (Å²) in [5.74, 6) is -0.211. The van der Waals surface area contributed by atoms with Gasteiger partial charge in [-0.25, -0.2) is 0 Å². The Morgan fingerprint density at radius 3 is 2.48 bits per heavy atom. The molecule has 7 heteroatoms. The van der Waals surface area contributed by atoms with Crippen LogP contribution >= 0.6 is 0 Å². The fourth-order valence-electron chi connectivity index (χ4n) is 2.96. The Bertz CT molecular complexity index is 773. The van der Waals surface area contributed by atoms with Crippen molar-refractivity contribution >= 4 is 11.9 Å². The van der Waals surface area contributed by atoms with Crippen molar-refractivity contribution in [2.45, 2.75) is 41.0 Å². The fraction of sp³-hybridized carbons (Fsp3) is 0.500. The average Bonchev–Trinajstić information content (AvgIpc) is 3.05. The first-order valence-electron chi connectivity index (χ1n) is 8.34. The van der Waals surface area contributed by atoms with Crippen LogP contribution in [0.25, 0.3) is 5.82 Å². The Kier molecular flexibility index (Phi) is 5.66. The highest BCUT2D eigenvalue weighted by Crippen LogP contribution is 2.21. The van der Waals surface area contributed by atoms with Crippen LogP contribution in [0.5, 0.6) is 0 Å². The third-order valence-corrected chi connectivity index (χ3v) is 4.13. The number of rotatable bonds is 7. The minimum atomic E-state index is -0.891. The van der Waals surface area contributed by atoms with E-state index in [0.717, 1.165) is 11.4 Å². The third kappa shape index (κ3) is 4.29.